The lowest BCUT2D eigenvalue weighted by Crippen LogP contribution is -2.35. The van der Waals surface area contributed by atoms with Crippen LogP contribution in [0.1, 0.15) is 33.8 Å². The molecule has 0 amide bonds. The Bertz CT molecular complexity index is 824. The van der Waals surface area contributed by atoms with Gasteiger partial charge in [-0.15, -0.1) is 11.3 Å². The number of imidazole rings is 1. The van der Waals surface area contributed by atoms with Gasteiger partial charge in [-0.25, -0.2) is 9.97 Å². The lowest BCUT2D eigenvalue weighted by Gasteiger charge is -2.32. The molecule has 7 heteroatoms. The predicted molar refractivity (Wildman–Crippen MR) is 95.3 cm³/mol. The van der Waals surface area contributed by atoms with Gasteiger partial charge in [-0.3, -0.25) is 4.90 Å². The number of hydrogen-bond acceptors (Lipinski definition) is 6. The van der Waals surface area contributed by atoms with E-state index < -0.39 is 0 Å². The molecule has 132 valence electrons. The highest BCUT2D eigenvalue weighted by Crippen LogP contribution is 2.29. The molecule has 0 aliphatic carbocycles. The Morgan fingerprint density at radius 3 is 3.12 bits per heavy atom. The molecular weight excluding hydrogens is 336 g/mol. The summed E-state index contributed by atoms with van der Waals surface area (Å²) in [5.74, 6) is 1.28. The van der Waals surface area contributed by atoms with Crippen LogP contribution in [-0.2, 0) is 31.5 Å². The van der Waals surface area contributed by atoms with Gasteiger partial charge in [0, 0.05) is 37.1 Å². The number of aromatic nitrogens is 3. The summed E-state index contributed by atoms with van der Waals surface area (Å²) in [6, 6.07) is 3.95. The first kappa shape index (κ1) is 16.5. The van der Waals surface area contributed by atoms with Crippen LogP contribution in [0.2, 0.25) is 0 Å². The molecule has 0 spiro atoms. The normalized spacial score (nSPS) is 17.8. The number of thiazole rings is 1. The van der Waals surface area contributed by atoms with Crippen LogP contribution in [0.3, 0.4) is 0 Å². The quantitative estimate of drug-likeness (QED) is 0.678. The number of aryl methyl sites for hydroxylation is 2. The number of rotatable bonds is 6. The lowest BCUT2D eigenvalue weighted by atomic mass is 9.99. The van der Waals surface area contributed by atoms with E-state index in [1.54, 1.807) is 17.6 Å². The minimum Gasteiger partial charge on any atom is -0.468 e. The first-order valence-corrected chi connectivity index (χ1v) is 9.30. The second-order valence-corrected chi connectivity index (χ2v) is 7.57. The third-order valence-corrected chi connectivity index (χ3v) is 5.32. The highest BCUT2D eigenvalue weighted by atomic mass is 32.1. The Morgan fingerprint density at radius 2 is 2.36 bits per heavy atom. The van der Waals surface area contributed by atoms with E-state index in [0.717, 1.165) is 41.8 Å². The standard InChI is InChI=1S/C18H22N4O2S/c1-13-20-15(11-25-13)10-23-9-14-6-22(7-16-4-3-5-24-16)8-17-18(14)21(2)12-19-17/h3-5,11-12,14H,6-10H2,1-2H3/t14-/m1/s1. The van der Waals surface area contributed by atoms with Gasteiger partial charge in [-0.1, -0.05) is 0 Å². The topological polar surface area (TPSA) is 56.3 Å². The van der Waals surface area contributed by atoms with E-state index in [1.807, 2.05) is 25.4 Å². The van der Waals surface area contributed by atoms with E-state index in [9.17, 15) is 0 Å². The van der Waals surface area contributed by atoms with Crippen molar-refractivity contribution in [1.82, 2.24) is 19.4 Å². The van der Waals surface area contributed by atoms with Gasteiger partial charge < -0.3 is 13.7 Å². The highest BCUT2D eigenvalue weighted by Gasteiger charge is 2.29. The minimum atomic E-state index is 0.297. The summed E-state index contributed by atoms with van der Waals surface area (Å²) >= 11 is 1.66. The molecule has 0 N–H and O–H groups in total. The molecule has 0 saturated carbocycles. The van der Waals surface area contributed by atoms with Crippen molar-refractivity contribution in [2.24, 2.45) is 7.05 Å². The highest BCUT2D eigenvalue weighted by molar-refractivity contribution is 7.09. The molecule has 0 aromatic carbocycles. The third-order valence-electron chi connectivity index (χ3n) is 4.50. The van der Waals surface area contributed by atoms with Crippen molar-refractivity contribution in [3.8, 4) is 0 Å². The van der Waals surface area contributed by atoms with E-state index in [2.05, 4.69) is 31.9 Å². The SMILES string of the molecule is Cc1nc(COC[C@H]2CN(Cc3ccco3)Cc3ncn(C)c32)cs1. The third kappa shape index (κ3) is 3.68. The number of furan rings is 1. The Kier molecular flexibility index (Phi) is 4.70. The van der Waals surface area contributed by atoms with Crippen LogP contribution in [0.4, 0.5) is 0 Å². The minimum absolute atomic E-state index is 0.297. The van der Waals surface area contributed by atoms with Crippen LogP contribution < -0.4 is 0 Å². The monoisotopic (exact) mass is 358 g/mol. The zero-order valence-electron chi connectivity index (χ0n) is 14.5. The zero-order valence-corrected chi connectivity index (χ0v) is 15.3. The Balaban J connectivity index is 1.43. The van der Waals surface area contributed by atoms with Crippen LogP contribution in [-0.4, -0.2) is 32.6 Å². The van der Waals surface area contributed by atoms with Crippen LogP contribution in [0.15, 0.2) is 34.5 Å². The fourth-order valence-corrected chi connectivity index (χ4v) is 4.06. The van der Waals surface area contributed by atoms with Crippen molar-refractivity contribution in [3.05, 3.63) is 58.0 Å². The molecule has 0 bridgehead atoms. The van der Waals surface area contributed by atoms with Gasteiger partial charge in [0.2, 0.25) is 0 Å². The number of fused-ring (bicyclic) bond motifs is 1. The van der Waals surface area contributed by atoms with Crippen LogP contribution in [0.5, 0.6) is 0 Å². The van der Waals surface area contributed by atoms with E-state index in [-0.39, 0.29) is 0 Å². The van der Waals surface area contributed by atoms with E-state index in [1.165, 1.54) is 5.69 Å². The molecule has 1 aliphatic heterocycles. The molecule has 0 radical (unpaired) electrons. The number of nitrogens with zero attached hydrogens (tertiary/aromatic N) is 4. The van der Waals surface area contributed by atoms with Crippen molar-refractivity contribution in [3.63, 3.8) is 0 Å². The second-order valence-electron chi connectivity index (χ2n) is 6.51. The molecule has 0 saturated heterocycles. The largest absolute Gasteiger partial charge is 0.468 e. The van der Waals surface area contributed by atoms with E-state index in [0.29, 0.717) is 19.1 Å². The summed E-state index contributed by atoms with van der Waals surface area (Å²) < 4.78 is 13.6. The summed E-state index contributed by atoms with van der Waals surface area (Å²) in [7, 11) is 2.06. The molecule has 1 atom stereocenters. The summed E-state index contributed by atoms with van der Waals surface area (Å²) in [6.07, 6.45) is 3.62. The predicted octanol–water partition coefficient (Wildman–Crippen LogP) is 3.09. The Hall–Kier alpha value is -1.96. The van der Waals surface area contributed by atoms with Crippen molar-refractivity contribution < 1.29 is 9.15 Å². The van der Waals surface area contributed by atoms with Crippen LogP contribution in [0, 0.1) is 6.92 Å². The molecule has 3 aromatic rings. The molecule has 0 fully saturated rings. The first-order valence-electron chi connectivity index (χ1n) is 8.42. The van der Waals surface area contributed by atoms with Gasteiger partial charge in [-0.2, -0.15) is 0 Å². The fraction of sp³-hybridized carbons (Fsp3) is 0.444. The maximum absolute atomic E-state index is 5.99. The van der Waals surface area contributed by atoms with Crippen molar-refractivity contribution in [2.45, 2.75) is 32.5 Å². The Morgan fingerprint density at radius 1 is 1.44 bits per heavy atom. The molecular formula is C18H22N4O2S. The Labute approximate surface area is 151 Å². The number of ether oxygens (including phenoxy) is 1. The molecule has 3 aromatic heterocycles. The molecule has 4 rings (SSSR count). The molecule has 0 unspecified atom stereocenters. The van der Waals surface area contributed by atoms with Gasteiger partial charge >= 0.3 is 0 Å². The van der Waals surface area contributed by atoms with Gasteiger partial charge in [0.25, 0.3) is 0 Å². The summed E-state index contributed by atoms with van der Waals surface area (Å²) in [4.78, 5) is 11.4. The van der Waals surface area contributed by atoms with Crippen molar-refractivity contribution in [2.75, 3.05) is 13.2 Å². The smallest absolute Gasteiger partial charge is 0.117 e. The van der Waals surface area contributed by atoms with Gasteiger partial charge in [0.15, 0.2) is 0 Å². The maximum atomic E-state index is 5.99. The van der Waals surface area contributed by atoms with Gasteiger partial charge in [0.05, 0.1) is 48.7 Å². The van der Waals surface area contributed by atoms with E-state index >= 15 is 0 Å². The van der Waals surface area contributed by atoms with Gasteiger partial charge in [-0.05, 0) is 19.1 Å². The van der Waals surface area contributed by atoms with Crippen molar-refractivity contribution >= 4 is 11.3 Å². The number of hydrogen-bond donors (Lipinski definition) is 0. The summed E-state index contributed by atoms with van der Waals surface area (Å²) in [5.41, 5.74) is 3.43. The molecule has 6 nitrogen and oxygen atoms in total. The zero-order chi connectivity index (χ0) is 17.2. The summed E-state index contributed by atoms with van der Waals surface area (Å²) in [6.45, 7) is 5.82. The molecule has 25 heavy (non-hydrogen) atoms. The van der Waals surface area contributed by atoms with Crippen molar-refractivity contribution in [1.29, 1.82) is 0 Å². The molecule has 4 heterocycles. The molecule has 1 aliphatic rings. The van der Waals surface area contributed by atoms with Crippen LogP contribution in [0.25, 0.3) is 0 Å². The average molecular weight is 358 g/mol. The fourth-order valence-electron chi connectivity index (χ4n) is 3.46. The lowest BCUT2D eigenvalue weighted by molar-refractivity contribution is 0.0800. The van der Waals surface area contributed by atoms with Crippen LogP contribution >= 0.6 is 11.3 Å². The van der Waals surface area contributed by atoms with E-state index in [4.69, 9.17) is 9.15 Å². The average Bonchev–Trinajstić information content (AvgIpc) is 3.31. The second kappa shape index (κ2) is 7.11. The first-order chi connectivity index (χ1) is 12.2. The maximum Gasteiger partial charge on any atom is 0.117 e. The summed E-state index contributed by atoms with van der Waals surface area (Å²) in [5, 5.41) is 3.14. The van der Waals surface area contributed by atoms with Gasteiger partial charge in [0.1, 0.15) is 5.76 Å².